The highest BCUT2D eigenvalue weighted by atomic mass is 15.0. The number of aryl methyl sites for hydroxylation is 1. The molecule has 0 aliphatic carbocycles. The molecule has 0 aliphatic heterocycles. The van der Waals surface area contributed by atoms with E-state index in [0.29, 0.717) is 0 Å². The number of aromatic nitrogens is 3. The zero-order chi connectivity index (χ0) is 34.1. The fraction of sp³-hybridized carbons (Fsp3) is 0.250. The molecule has 254 valence electrons. The van der Waals surface area contributed by atoms with Crippen molar-refractivity contribution in [2.24, 2.45) is 0 Å². The van der Waals surface area contributed by atoms with Gasteiger partial charge in [-0.05, 0) is 67.1 Å². The van der Waals surface area contributed by atoms with Gasteiger partial charge in [-0.25, -0.2) is 0 Å². The Balaban J connectivity index is 1.14. The van der Waals surface area contributed by atoms with Crippen LogP contribution in [0.1, 0.15) is 71.1 Å². The molecule has 0 atom stereocenters. The van der Waals surface area contributed by atoms with Gasteiger partial charge < -0.3 is 13.7 Å². The van der Waals surface area contributed by atoms with Crippen LogP contribution in [0.15, 0.2) is 133 Å². The Kier molecular flexibility index (Phi) is 8.57. The number of hydrogen-bond donors (Lipinski definition) is 0. The van der Waals surface area contributed by atoms with Crippen LogP contribution in [0.5, 0.6) is 0 Å². The Morgan fingerprint density at radius 3 is 1.08 bits per heavy atom. The summed E-state index contributed by atoms with van der Waals surface area (Å²) in [6.45, 7) is 3.34. The normalized spacial score (nSPS) is 12.1. The standard InChI is InChI=1S/C48H47N3/c1-2-3-4-5-6-7-8-9-10-19-32-49-43-30-28-35(50-45-24-15-11-20-37(45)38-21-12-16-25-46(38)50)33-41(43)42-34-36(29-31-44(42)49)51-47-26-17-13-22-39(47)40-23-14-18-27-48(40)51/h11-18,20-31,33-34H,2-10,19,32H2,1H3. The average Bonchev–Trinajstić information content (AvgIpc) is 3.81. The maximum absolute atomic E-state index is 2.60. The van der Waals surface area contributed by atoms with Crippen LogP contribution in [0, 0.1) is 0 Å². The molecule has 0 unspecified atom stereocenters. The number of unbranched alkanes of at least 4 members (excludes halogenated alkanes) is 9. The van der Waals surface area contributed by atoms with Gasteiger partial charge in [0, 0.05) is 61.3 Å². The van der Waals surface area contributed by atoms with E-state index >= 15 is 0 Å². The van der Waals surface area contributed by atoms with E-state index in [4.69, 9.17) is 0 Å². The highest BCUT2D eigenvalue weighted by Gasteiger charge is 2.18. The molecule has 3 heterocycles. The zero-order valence-electron chi connectivity index (χ0n) is 29.8. The molecular formula is C48H47N3. The first-order valence-electron chi connectivity index (χ1n) is 19.3. The quantitative estimate of drug-likeness (QED) is 0.109. The summed E-state index contributed by atoms with van der Waals surface area (Å²) in [6.07, 6.45) is 13.5. The van der Waals surface area contributed by atoms with Crippen LogP contribution in [0.2, 0.25) is 0 Å². The van der Waals surface area contributed by atoms with Gasteiger partial charge in [0.05, 0.1) is 22.1 Å². The molecule has 9 rings (SSSR count). The second kappa shape index (κ2) is 13.8. The fourth-order valence-corrected chi connectivity index (χ4v) is 8.76. The second-order valence-corrected chi connectivity index (χ2v) is 14.5. The van der Waals surface area contributed by atoms with E-state index in [9.17, 15) is 0 Å². The van der Waals surface area contributed by atoms with Gasteiger partial charge in [-0.15, -0.1) is 0 Å². The molecule has 6 aromatic carbocycles. The van der Waals surface area contributed by atoms with Gasteiger partial charge in [0.2, 0.25) is 0 Å². The van der Waals surface area contributed by atoms with E-state index in [1.165, 1.54) is 141 Å². The van der Waals surface area contributed by atoms with E-state index in [1.807, 2.05) is 0 Å². The monoisotopic (exact) mass is 665 g/mol. The molecule has 9 aromatic rings. The SMILES string of the molecule is CCCCCCCCCCCCn1c2ccc(-n3c4ccccc4c4ccccc43)cc2c2cc(-n3c4ccccc4c4ccccc43)ccc21. The van der Waals surface area contributed by atoms with Crippen LogP contribution in [0.4, 0.5) is 0 Å². The summed E-state index contributed by atoms with van der Waals surface area (Å²) < 4.78 is 7.50. The Labute approximate surface area is 300 Å². The predicted octanol–water partition coefficient (Wildman–Crippen LogP) is 13.9. The number of fused-ring (bicyclic) bond motifs is 9. The Hall–Kier alpha value is -5.28. The topological polar surface area (TPSA) is 14.8 Å². The summed E-state index contributed by atoms with van der Waals surface area (Å²) >= 11 is 0. The van der Waals surface area contributed by atoms with E-state index in [-0.39, 0.29) is 0 Å². The minimum absolute atomic E-state index is 1.04. The predicted molar refractivity (Wildman–Crippen MR) is 220 cm³/mol. The molecule has 0 radical (unpaired) electrons. The number of para-hydroxylation sites is 4. The lowest BCUT2D eigenvalue weighted by Gasteiger charge is -2.10. The Morgan fingerprint density at radius 2 is 0.686 bits per heavy atom. The molecule has 3 aromatic heterocycles. The number of rotatable bonds is 13. The minimum atomic E-state index is 1.04. The highest BCUT2D eigenvalue weighted by Crippen LogP contribution is 2.38. The maximum Gasteiger partial charge on any atom is 0.0541 e. The molecule has 0 amide bonds. The van der Waals surface area contributed by atoms with Crippen molar-refractivity contribution in [3.8, 4) is 11.4 Å². The minimum Gasteiger partial charge on any atom is -0.340 e. The van der Waals surface area contributed by atoms with Crippen LogP contribution in [0.25, 0.3) is 76.8 Å². The van der Waals surface area contributed by atoms with Gasteiger partial charge in [0.25, 0.3) is 0 Å². The summed E-state index contributed by atoms with van der Waals surface area (Å²) in [7, 11) is 0. The van der Waals surface area contributed by atoms with Crippen LogP contribution < -0.4 is 0 Å². The summed E-state index contributed by atoms with van der Waals surface area (Å²) in [5.74, 6) is 0. The lowest BCUT2D eigenvalue weighted by Crippen LogP contribution is -1.99. The van der Waals surface area contributed by atoms with Crippen molar-refractivity contribution in [3.63, 3.8) is 0 Å². The average molecular weight is 666 g/mol. The summed E-state index contributed by atoms with van der Waals surface area (Å²) in [4.78, 5) is 0. The van der Waals surface area contributed by atoms with Gasteiger partial charge in [0.15, 0.2) is 0 Å². The molecule has 0 N–H and O–H groups in total. The first-order valence-corrected chi connectivity index (χ1v) is 19.3. The number of nitrogens with zero attached hydrogens (tertiary/aromatic N) is 3. The van der Waals surface area contributed by atoms with Crippen LogP contribution in [-0.2, 0) is 6.54 Å². The molecule has 0 saturated heterocycles. The van der Waals surface area contributed by atoms with Crippen molar-refractivity contribution in [1.29, 1.82) is 0 Å². The highest BCUT2D eigenvalue weighted by molar-refractivity contribution is 6.13. The summed E-state index contributed by atoms with van der Waals surface area (Å²) in [6, 6.07) is 49.6. The fourth-order valence-electron chi connectivity index (χ4n) is 8.76. The van der Waals surface area contributed by atoms with E-state index in [0.717, 1.165) is 6.54 Å². The van der Waals surface area contributed by atoms with Crippen molar-refractivity contribution in [2.75, 3.05) is 0 Å². The number of hydrogen-bond acceptors (Lipinski definition) is 0. The van der Waals surface area contributed by atoms with Crippen molar-refractivity contribution in [3.05, 3.63) is 133 Å². The largest absolute Gasteiger partial charge is 0.340 e. The van der Waals surface area contributed by atoms with Crippen LogP contribution in [-0.4, -0.2) is 13.7 Å². The van der Waals surface area contributed by atoms with E-state index < -0.39 is 0 Å². The first-order chi connectivity index (χ1) is 25.3. The van der Waals surface area contributed by atoms with Gasteiger partial charge >= 0.3 is 0 Å². The number of benzene rings is 6. The van der Waals surface area contributed by atoms with E-state index in [2.05, 4.69) is 154 Å². The van der Waals surface area contributed by atoms with Gasteiger partial charge in [-0.1, -0.05) is 138 Å². The molecule has 0 spiro atoms. The second-order valence-electron chi connectivity index (χ2n) is 14.5. The van der Waals surface area contributed by atoms with Crippen molar-refractivity contribution >= 4 is 65.4 Å². The van der Waals surface area contributed by atoms with Crippen LogP contribution >= 0.6 is 0 Å². The molecule has 3 nitrogen and oxygen atoms in total. The van der Waals surface area contributed by atoms with E-state index in [1.54, 1.807) is 0 Å². The van der Waals surface area contributed by atoms with Gasteiger partial charge in [-0.3, -0.25) is 0 Å². The summed E-state index contributed by atoms with van der Waals surface area (Å²) in [5.41, 5.74) is 10.1. The molecule has 0 aliphatic rings. The lowest BCUT2D eigenvalue weighted by molar-refractivity contribution is 0.541. The van der Waals surface area contributed by atoms with Crippen LogP contribution in [0.3, 0.4) is 0 Å². The lowest BCUT2D eigenvalue weighted by atomic mass is 10.1. The van der Waals surface area contributed by atoms with Gasteiger partial charge in [-0.2, -0.15) is 0 Å². The zero-order valence-corrected chi connectivity index (χ0v) is 29.8. The van der Waals surface area contributed by atoms with Gasteiger partial charge in [0.1, 0.15) is 0 Å². The smallest absolute Gasteiger partial charge is 0.0541 e. The third-order valence-corrected chi connectivity index (χ3v) is 11.2. The Bertz CT molecular complexity index is 2370. The molecule has 0 saturated carbocycles. The Morgan fingerprint density at radius 1 is 0.333 bits per heavy atom. The summed E-state index contributed by atoms with van der Waals surface area (Å²) in [5, 5.41) is 7.82. The van der Waals surface area contributed by atoms with Crippen molar-refractivity contribution < 1.29 is 0 Å². The first kappa shape index (κ1) is 31.7. The third kappa shape index (κ3) is 5.60. The van der Waals surface area contributed by atoms with Crippen molar-refractivity contribution in [2.45, 2.75) is 77.7 Å². The third-order valence-electron chi connectivity index (χ3n) is 11.2. The molecule has 0 fully saturated rings. The molecular weight excluding hydrogens is 619 g/mol. The molecule has 51 heavy (non-hydrogen) atoms. The maximum atomic E-state index is 2.60. The molecule has 3 heteroatoms. The molecule has 0 bridgehead atoms. The van der Waals surface area contributed by atoms with Crippen molar-refractivity contribution in [1.82, 2.24) is 13.7 Å².